The summed E-state index contributed by atoms with van der Waals surface area (Å²) in [5.41, 5.74) is 0. The summed E-state index contributed by atoms with van der Waals surface area (Å²) in [6.45, 7) is 2.35. The van der Waals surface area contributed by atoms with Gasteiger partial charge in [-0.25, -0.2) is 13.2 Å². The molecule has 2 amide bonds. The van der Waals surface area contributed by atoms with Gasteiger partial charge < -0.3 is 15.3 Å². The number of aryl methyl sites for hydroxylation is 1. The molecule has 0 radical (unpaired) electrons. The summed E-state index contributed by atoms with van der Waals surface area (Å²) in [5, 5.41) is 20.8. The highest BCUT2D eigenvalue weighted by molar-refractivity contribution is 8.01. The first-order valence-electron chi connectivity index (χ1n) is 7.70. The molecule has 1 saturated heterocycles. The topological polar surface area (TPSA) is 112 Å². The molecule has 0 bridgehead atoms. The fourth-order valence-corrected chi connectivity index (χ4v) is 6.00. The second-order valence-electron chi connectivity index (χ2n) is 5.49. The highest BCUT2D eigenvalue weighted by Gasteiger charge is 2.34. The van der Waals surface area contributed by atoms with Crippen molar-refractivity contribution in [3.8, 4) is 0 Å². The van der Waals surface area contributed by atoms with Crippen molar-refractivity contribution >= 4 is 39.0 Å². The van der Waals surface area contributed by atoms with Gasteiger partial charge in [-0.3, -0.25) is 0 Å². The van der Waals surface area contributed by atoms with Crippen LogP contribution in [0, 0.1) is 6.92 Å². The molecule has 11 heteroatoms. The average molecular weight is 395 g/mol. The van der Waals surface area contributed by atoms with E-state index in [0.29, 0.717) is 13.0 Å². The molecule has 0 saturated carbocycles. The second-order valence-corrected chi connectivity index (χ2v) is 10.2. The number of aromatic nitrogens is 2. The summed E-state index contributed by atoms with van der Waals surface area (Å²) in [7, 11) is -3.07. The van der Waals surface area contributed by atoms with Crippen LogP contribution in [-0.4, -0.2) is 77.6 Å². The van der Waals surface area contributed by atoms with Gasteiger partial charge in [0.25, 0.3) is 0 Å². The smallest absolute Gasteiger partial charge is 0.317 e. The van der Waals surface area contributed by atoms with Gasteiger partial charge in [0.2, 0.25) is 0 Å². The average Bonchev–Trinajstić information content (AvgIpc) is 3.09. The Hall–Kier alpha value is -0.910. The van der Waals surface area contributed by atoms with E-state index in [1.165, 1.54) is 4.90 Å². The number of carbonyl (C=O) groups is 1. The molecule has 0 spiro atoms. The van der Waals surface area contributed by atoms with Crippen LogP contribution in [0.4, 0.5) is 4.79 Å². The van der Waals surface area contributed by atoms with Gasteiger partial charge in [-0.05, 0) is 19.8 Å². The molecule has 2 rings (SSSR count). The van der Waals surface area contributed by atoms with E-state index < -0.39 is 9.84 Å². The molecular formula is C13H22N4O4S3. The van der Waals surface area contributed by atoms with E-state index in [-0.39, 0.29) is 36.7 Å². The lowest BCUT2D eigenvalue weighted by Crippen LogP contribution is -2.48. The van der Waals surface area contributed by atoms with Gasteiger partial charge in [0.05, 0.1) is 18.1 Å². The number of amides is 2. The van der Waals surface area contributed by atoms with Crippen LogP contribution >= 0.6 is 23.1 Å². The molecule has 0 aliphatic carbocycles. The SMILES string of the molecule is Cc1nnc(SCCCNC(=O)N(CCO)C2CCS(=O)(=O)C2)s1. The lowest BCUT2D eigenvalue weighted by molar-refractivity contribution is 0.158. The van der Waals surface area contributed by atoms with E-state index in [2.05, 4.69) is 15.5 Å². The van der Waals surface area contributed by atoms with Crippen LogP contribution in [0.1, 0.15) is 17.8 Å². The standard InChI is InChI=1S/C13H22N4O4S3/c1-10-15-16-13(23-10)22-7-2-4-14-12(19)17(5-6-18)11-3-8-24(20,21)9-11/h11,18H,2-9H2,1H3,(H,14,19). The lowest BCUT2D eigenvalue weighted by Gasteiger charge is -2.27. The van der Waals surface area contributed by atoms with Crippen LogP contribution < -0.4 is 5.32 Å². The first-order chi connectivity index (χ1) is 11.4. The minimum atomic E-state index is -3.07. The Bertz CT molecular complexity index is 649. The van der Waals surface area contributed by atoms with Crippen molar-refractivity contribution in [2.45, 2.75) is 30.1 Å². The molecule has 8 nitrogen and oxygen atoms in total. The normalized spacial score (nSPS) is 19.3. The van der Waals surface area contributed by atoms with Crippen LogP contribution in [0.2, 0.25) is 0 Å². The Kier molecular flexibility index (Phi) is 7.26. The van der Waals surface area contributed by atoms with Crippen molar-refractivity contribution in [1.29, 1.82) is 0 Å². The van der Waals surface area contributed by atoms with Gasteiger partial charge in [-0.1, -0.05) is 23.1 Å². The number of hydrogen-bond donors (Lipinski definition) is 2. The minimum Gasteiger partial charge on any atom is -0.395 e. The fraction of sp³-hybridized carbons (Fsp3) is 0.769. The predicted octanol–water partition coefficient (Wildman–Crippen LogP) is 0.520. The largest absolute Gasteiger partial charge is 0.395 e. The molecule has 2 heterocycles. The first-order valence-corrected chi connectivity index (χ1v) is 11.3. The number of rotatable bonds is 8. The third kappa shape index (κ3) is 5.87. The van der Waals surface area contributed by atoms with Crippen LogP contribution in [0.3, 0.4) is 0 Å². The van der Waals surface area contributed by atoms with Gasteiger partial charge in [-0.15, -0.1) is 10.2 Å². The number of aliphatic hydroxyl groups is 1. The number of aliphatic hydroxyl groups excluding tert-OH is 1. The summed E-state index contributed by atoms with van der Waals surface area (Å²) < 4.78 is 24.1. The quantitative estimate of drug-likeness (QED) is 0.488. The Morgan fingerprint density at radius 2 is 2.29 bits per heavy atom. The monoisotopic (exact) mass is 394 g/mol. The third-order valence-corrected chi connectivity index (χ3v) is 7.39. The third-order valence-electron chi connectivity index (χ3n) is 3.58. The molecule has 1 unspecified atom stereocenters. The molecule has 0 aromatic carbocycles. The number of urea groups is 1. The number of hydrogen-bond acceptors (Lipinski definition) is 8. The van der Waals surface area contributed by atoms with Gasteiger partial charge in [0.1, 0.15) is 5.01 Å². The van der Waals surface area contributed by atoms with Gasteiger partial charge >= 0.3 is 6.03 Å². The van der Waals surface area contributed by atoms with Gasteiger partial charge in [-0.2, -0.15) is 0 Å². The molecule has 1 atom stereocenters. The van der Waals surface area contributed by atoms with Gasteiger partial charge in [0.15, 0.2) is 14.2 Å². The Morgan fingerprint density at radius 3 is 2.88 bits per heavy atom. The zero-order valence-corrected chi connectivity index (χ0v) is 15.9. The van der Waals surface area contributed by atoms with E-state index >= 15 is 0 Å². The molecule has 1 fully saturated rings. The maximum atomic E-state index is 12.2. The maximum Gasteiger partial charge on any atom is 0.317 e. The number of carbonyl (C=O) groups excluding carboxylic acids is 1. The highest BCUT2D eigenvalue weighted by Crippen LogP contribution is 2.22. The summed E-state index contributed by atoms with van der Waals surface area (Å²) in [5.74, 6) is 0.893. The van der Waals surface area contributed by atoms with E-state index in [0.717, 1.165) is 21.5 Å². The van der Waals surface area contributed by atoms with Crippen molar-refractivity contribution in [1.82, 2.24) is 20.4 Å². The molecule has 1 aliphatic rings. The molecule has 136 valence electrons. The summed E-state index contributed by atoms with van der Waals surface area (Å²) in [6.07, 6.45) is 1.20. The molecule has 1 aromatic heterocycles. The predicted molar refractivity (Wildman–Crippen MR) is 94.2 cm³/mol. The number of nitrogens with zero attached hydrogens (tertiary/aromatic N) is 3. The van der Waals surface area contributed by atoms with Crippen LogP contribution in [0.25, 0.3) is 0 Å². The van der Waals surface area contributed by atoms with E-state index in [4.69, 9.17) is 5.11 Å². The minimum absolute atomic E-state index is 0.0212. The summed E-state index contributed by atoms with van der Waals surface area (Å²) >= 11 is 3.14. The molecule has 24 heavy (non-hydrogen) atoms. The van der Waals surface area contributed by atoms with Gasteiger partial charge in [0, 0.05) is 24.9 Å². The maximum absolute atomic E-state index is 12.2. The molecule has 1 aromatic rings. The highest BCUT2D eigenvalue weighted by atomic mass is 32.2. The Morgan fingerprint density at radius 1 is 1.50 bits per heavy atom. The van der Waals surface area contributed by atoms with Crippen LogP contribution in [-0.2, 0) is 9.84 Å². The first kappa shape index (κ1) is 19.4. The van der Waals surface area contributed by atoms with Crippen LogP contribution in [0.5, 0.6) is 0 Å². The van der Waals surface area contributed by atoms with Crippen LogP contribution in [0.15, 0.2) is 4.34 Å². The lowest BCUT2D eigenvalue weighted by atomic mass is 10.2. The van der Waals surface area contributed by atoms with E-state index in [9.17, 15) is 13.2 Å². The van der Waals surface area contributed by atoms with Crippen molar-refractivity contribution in [3.05, 3.63) is 5.01 Å². The van der Waals surface area contributed by atoms with Crippen molar-refractivity contribution < 1.29 is 18.3 Å². The van der Waals surface area contributed by atoms with Crippen molar-refractivity contribution in [2.24, 2.45) is 0 Å². The van der Waals surface area contributed by atoms with E-state index in [1.54, 1.807) is 23.1 Å². The number of nitrogens with one attached hydrogen (secondary N) is 1. The summed E-state index contributed by atoms with van der Waals surface area (Å²) in [6, 6.07) is -0.663. The zero-order chi connectivity index (χ0) is 17.6. The molecule has 1 aliphatic heterocycles. The molecular weight excluding hydrogens is 372 g/mol. The van der Waals surface area contributed by atoms with E-state index in [1.807, 2.05) is 6.92 Å². The Labute approximate surface area is 150 Å². The zero-order valence-electron chi connectivity index (χ0n) is 13.5. The number of thioether (sulfide) groups is 1. The number of sulfone groups is 1. The van der Waals surface area contributed by atoms with Crippen molar-refractivity contribution in [2.75, 3.05) is 37.0 Å². The second kappa shape index (κ2) is 8.97. The van der Waals surface area contributed by atoms with Crippen molar-refractivity contribution in [3.63, 3.8) is 0 Å². The molecule has 2 N–H and O–H groups in total. The Balaban J connectivity index is 1.72. The fourth-order valence-electron chi connectivity index (χ4n) is 2.44. The summed E-state index contributed by atoms with van der Waals surface area (Å²) in [4.78, 5) is 13.7.